The zero-order valence-corrected chi connectivity index (χ0v) is 16.8. The fraction of sp³-hybridized carbons (Fsp3) is 0.450. The van der Waals surface area contributed by atoms with Crippen molar-refractivity contribution in [3.8, 4) is 0 Å². The van der Waals surface area contributed by atoms with Crippen LogP contribution in [0.15, 0.2) is 23.6 Å². The molecule has 8 heteroatoms. The standard InChI is InChI=1S/C20H24N2O5S/c1-13-9-16(14(2)22(13)11-15-5-3-7-26-15)17(23)12-27-19(24)10-21-20(25)18-6-4-8-28-18/h4,6,8-9,15H,3,5,7,10-12H2,1-2H3,(H,21,25)/t15-/m1/s1. The van der Waals surface area contributed by atoms with Gasteiger partial charge in [-0.05, 0) is 44.2 Å². The van der Waals surface area contributed by atoms with Crippen LogP contribution >= 0.6 is 11.3 Å². The van der Waals surface area contributed by atoms with Crippen molar-refractivity contribution in [2.45, 2.75) is 39.3 Å². The summed E-state index contributed by atoms with van der Waals surface area (Å²) in [5.41, 5.74) is 2.37. The van der Waals surface area contributed by atoms with Gasteiger partial charge in [0.15, 0.2) is 6.61 Å². The number of nitrogens with zero attached hydrogens (tertiary/aromatic N) is 1. The lowest BCUT2D eigenvalue weighted by molar-refractivity contribution is -0.141. The average Bonchev–Trinajstić information content (AvgIpc) is 3.43. The molecule has 2 aromatic rings. The van der Waals surface area contributed by atoms with E-state index in [1.54, 1.807) is 17.5 Å². The molecule has 0 saturated carbocycles. The van der Waals surface area contributed by atoms with Gasteiger partial charge in [0.05, 0.1) is 11.0 Å². The number of carbonyl (C=O) groups excluding carboxylic acids is 3. The number of aromatic nitrogens is 1. The molecule has 1 fully saturated rings. The van der Waals surface area contributed by atoms with Crippen LogP contribution in [0, 0.1) is 13.8 Å². The van der Waals surface area contributed by atoms with Crippen molar-refractivity contribution in [2.75, 3.05) is 19.8 Å². The predicted octanol–water partition coefficient (Wildman–Crippen LogP) is 2.50. The number of ketones is 1. The summed E-state index contributed by atoms with van der Waals surface area (Å²) in [4.78, 5) is 36.6. The first kappa shape index (κ1) is 20.3. The highest BCUT2D eigenvalue weighted by Gasteiger charge is 2.21. The van der Waals surface area contributed by atoms with Crippen molar-refractivity contribution in [2.24, 2.45) is 0 Å². The summed E-state index contributed by atoms with van der Waals surface area (Å²) in [7, 11) is 0. The van der Waals surface area contributed by atoms with Gasteiger partial charge in [0, 0.05) is 30.1 Å². The molecular weight excluding hydrogens is 380 g/mol. The van der Waals surface area contributed by atoms with Gasteiger partial charge in [-0.2, -0.15) is 0 Å². The molecule has 1 aliphatic heterocycles. The summed E-state index contributed by atoms with van der Waals surface area (Å²) in [5, 5.41) is 4.26. The first-order valence-corrected chi connectivity index (χ1v) is 10.1. The average molecular weight is 404 g/mol. The molecule has 1 saturated heterocycles. The normalized spacial score (nSPS) is 16.1. The minimum Gasteiger partial charge on any atom is -0.456 e. The van der Waals surface area contributed by atoms with Crippen LogP contribution in [0.25, 0.3) is 0 Å². The summed E-state index contributed by atoms with van der Waals surface area (Å²) in [6.07, 6.45) is 2.27. The molecule has 1 atom stereocenters. The highest BCUT2D eigenvalue weighted by molar-refractivity contribution is 7.12. The van der Waals surface area contributed by atoms with Gasteiger partial charge in [-0.25, -0.2) is 0 Å². The quantitative estimate of drug-likeness (QED) is 0.540. The van der Waals surface area contributed by atoms with Gasteiger partial charge in [-0.1, -0.05) is 6.07 Å². The second-order valence-electron chi connectivity index (χ2n) is 6.77. The van der Waals surface area contributed by atoms with E-state index in [0.717, 1.165) is 37.4 Å². The Hall–Kier alpha value is -2.45. The second-order valence-corrected chi connectivity index (χ2v) is 7.72. The van der Waals surface area contributed by atoms with Gasteiger partial charge in [-0.3, -0.25) is 14.4 Å². The number of rotatable bonds is 8. The number of hydrogen-bond donors (Lipinski definition) is 1. The summed E-state index contributed by atoms with van der Waals surface area (Å²) in [5.74, 6) is -1.24. The maximum absolute atomic E-state index is 12.5. The van der Waals surface area contributed by atoms with Crippen molar-refractivity contribution in [3.63, 3.8) is 0 Å². The molecule has 7 nitrogen and oxygen atoms in total. The number of thiophene rings is 1. The lowest BCUT2D eigenvalue weighted by Crippen LogP contribution is -2.31. The third-order valence-electron chi connectivity index (χ3n) is 4.79. The van der Waals surface area contributed by atoms with E-state index in [1.807, 2.05) is 19.9 Å². The Morgan fingerprint density at radius 3 is 2.86 bits per heavy atom. The molecule has 150 valence electrons. The Morgan fingerprint density at radius 1 is 1.36 bits per heavy atom. The Labute approximate surface area is 167 Å². The smallest absolute Gasteiger partial charge is 0.325 e. The number of ether oxygens (including phenoxy) is 2. The predicted molar refractivity (Wildman–Crippen MR) is 105 cm³/mol. The van der Waals surface area contributed by atoms with Crippen molar-refractivity contribution in [1.82, 2.24) is 9.88 Å². The maximum Gasteiger partial charge on any atom is 0.325 e. The van der Waals surface area contributed by atoms with Crippen LogP contribution in [0.4, 0.5) is 0 Å². The highest BCUT2D eigenvalue weighted by atomic mass is 32.1. The zero-order chi connectivity index (χ0) is 20.1. The molecule has 3 rings (SSSR count). The van der Waals surface area contributed by atoms with Gasteiger partial charge in [0.1, 0.15) is 6.54 Å². The van der Waals surface area contributed by atoms with Crippen molar-refractivity contribution >= 4 is 29.0 Å². The minimum atomic E-state index is -0.647. The van der Waals surface area contributed by atoms with E-state index in [9.17, 15) is 14.4 Å². The van der Waals surface area contributed by atoms with E-state index >= 15 is 0 Å². The highest BCUT2D eigenvalue weighted by Crippen LogP contribution is 2.20. The Morgan fingerprint density at radius 2 is 2.18 bits per heavy atom. The number of hydrogen-bond acceptors (Lipinski definition) is 6. The summed E-state index contributed by atoms with van der Waals surface area (Å²) < 4.78 is 12.8. The number of Topliss-reactive ketones (excluding diaryl/α,β-unsaturated/α-hetero) is 1. The molecule has 3 heterocycles. The van der Waals surface area contributed by atoms with Crippen LogP contribution in [-0.2, 0) is 20.8 Å². The molecule has 1 aliphatic rings. The van der Waals surface area contributed by atoms with E-state index in [2.05, 4.69) is 9.88 Å². The molecule has 0 aromatic carbocycles. The SMILES string of the molecule is Cc1cc(C(=O)COC(=O)CNC(=O)c2cccs2)c(C)n1C[C@H]1CCCO1. The fourth-order valence-electron chi connectivity index (χ4n) is 3.28. The number of carbonyl (C=O) groups is 3. The van der Waals surface area contributed by atoms with Crippen LogP contribution in [0.1, 0.15) is 44.3 Å². The van der Waals surface area contributed by atoms with Gasteiger partial charge in [-0.15, -0.1) is 11.3 Å². The first-order chi connectivity index (χ1) is 13.5. The summed E-state index contributed by atoms with van der Waals surface area (Å²) in [6, 6.07) is 5.24. The van der Waals surface area contributed by atoms with Gasteiger partial charge in [0.25, 0.3) is 5.91 Å². The topological polar surface area (TPSA) is 86.6 Å². The number of aryl methyl sites for hydroxylation is 1. The van der Waals surface area contributed by atoms with E-state index in [-0.39, 0.29) is 30.9 Å². The molecule has 28 heavy (non-hydrogen) atoms. The summed E-state index contributed by atoms with van der Waals surface area (Å²) >= 11 is 1.29. The van der Waals surface area contributed by atoms with Crippen LogP contribution < -0.4 is 5.32 Å². The maximum atomic E-state index is 12.5. The molecule has 0 aliphatic carbocycles. The van der Waals surface area contributed by atoms with Crippen molar-refractivity contribution in [3.05, 3.63) is 45.4 Å². The van der Waals surface area contributed by atoms with Gasteiger partial charge in [0.2, 0.25) is 5.78 Å². The van der Waals surface area contributed by atoms with E-state index < -0.39 is 5.97 Å². The Balaban J connectivity index is 1.50. The van der Waals surface area contributed by atoms with Gasteiger partial charge >= 0.3 is 5.97 Å². The number of amides is 1. The van der Waals surface area contributed by atoms with E-state index in [4.69, 9.17) is 9.47 Å². The molecule has 0 spiro atoms. The monoisotopic (exact) mass is 404 g/mol. The van der Waals surface area contributed by atoms with Crippen LogP contribution in [0.3, 0.4) is 0 Å². The minimum absolute atomic E-state index is 0.178. The van der Waals surface area contributed by atoms with Crippen LogP contribution in [0.5, 0.6) is 0 Å². The van der Waals surface area contributed by atoms with Crippen LogP contribution in [-0.4, -0.2) is 48.1 Å². The molecule has 0 bridgehead atoms. The van der Waals surface area contributed by atoms with Crippen molar-refractivity contribution in [1.29, 1.82) is 0 Å². The molecule has 0 radical (unpaired) electrons. The third-order valence-corrected chi connectivity index (χ3v) is 5.66. The lowest BCUT2D eigenvalue weighted by atomic mass is 10.1. The number of esters is 1. The molecule has 1 N–H and O–H groups in total. The molecule has 2 aromatic heterocycles. The molecule has 0 unspecified atom stereocenters. The van der Waals surface area contributed by atoms with Crippen LogP contribution in [0.2, 0.25) is 0 Å². The molecule has 1 amide bonds. The number of nitrogens with one attached hydrogen (secondary N) is 1. The largest absolute Gasteiger partial charge is 0.456 e. The lowest BCUT2D eigenvalue weighted by Gasteiger charge is -2.14. The first-order valence-electron chi connectivity index (χ1n) is 9.24. The zero-order valence-electron chi connectivity index (χ0n) is 16.0. The fourth-order valence-corrected chi connectivity index (χ4v) is 3.92. The Bertz CT molecular complexity index is 850. The second kappa shape index (κ2) is 9.16. The van der Waals surface area contributed by atoms with Crippen molar-refractivity contribution < 1.29 is 23.9 Å². The van der Waals surface area contributed by atoms with Gasteiger partial charge < -0.3 is 19.4 Å². The van der Waals surface area contributed by atoms with E-state index in [0.29, 0.717) is 10.4 Å². The van der Waals surface area contributed by atoms with E-state index in [1.165, 1.54) is 11.3 Å². The third kappa shape index (κ3) is 4.88. The summed E-state index contributed by atoms with van der Waals surface area (Å²) in [6.45, 7) is 4.72. The molecular formula is C20H24N2O5S. The Kier molecular flexibility index (Phi) is 6.64.